The number of fused-ring (bicyclic) bond motifs is 1. The summed E-state index contributed by atoms with van der Waals surface area (Å²) in [5, 5.41) is 3.97. The van der Waals surface area contributed by atoms with Gasteiger partial charge in [-0.15, -0.1) is 0 Å². The lowest BCUT2D eigenvalue weighted by Crippen LogP contribution is -2.18. The molecule has 1 N–H and O–H groups in total. The smallest absolute Gasteiger partial charge is 0.363 e. The molecule has 0 atom stereocenters. The highest BCUT2D eigenvalue weighted by molar-refractivity contribution is 5.95. The van der Waals surface area contributed by atoms with Crippen molar-refractivity contribution in [2.45, 2.75) is 19.3 Å². The highest BCUT2D eigenvalue weighted by Crippen LogP contribution is 2.34. The molecule has 30 heavy (non-hydrogen) atoms. The molecule has 1 aliphatic heterocycles. The minimum Gasteiger partial charge on any atom is -0.363 e. The van der Waals surface area contributed by atoms with Gasteiger partial charge in [0.05, 0.1) is 11.8 Å². The maximum absolute atomic E-state index is 13.0. The van der Waals surface area contributed by atoms with E-state index in [1.165, 1.54) is 6.07 Å². The molecule has 0 saturated carbocycles. The predicted octanol–water partition coefficient (Wildman–Crippen LogP) is 4.99. The Morgan fingerprint density at radius 1 is 0.933 bits per heavy atom. The third-order valence-corrected chi connectivity index (χ3v) is 4.91. The summed E-state index contributed by atoms with van der Waals surface area (Å²) in [6.07, 6.45) is -2.82. The molecule has 4 nitrogen and oxygen atoms in total. The van der Waals surface area contributed by atoms with Gasteiger partial charge in [0.25, 0.3) is 5.91 Å². The second-order valence-electron chi connectivity index (χ2n) is 7.00. The van der Waals surface area contributed by atoms with Crippen LogP contribution in [-0.4, -0.2) is 12.1 Å². The zero-order chi connectivity index (χ0) is 21.1. The van der Waals surface area contributed by atoms with E-state index in [2.05, 4.69) is 10.5 Å². The molecule has 0 aliphatic carbocycles. The van der Waals surface area contributed by atoms with Gasteiger partial charge >= 0.3 is 6.18 Å². The van der Waals surface area contributed by atoms with Crippen LogP contribution in [0.1, 0.15) is 32.6 Å². The summed E-state index contributed by atoms with van der Waals surface area (Å²) >= 11 is 0. The number of hydrogen-bond acceptors (Lipinski definition) is 3. The fraction of sp³-hybridized carbons (Fsp3) is 0.130. The van der Waals surface area contributed by atoms with E-state index in [0.717, 1.165) is 28.8 Å². The van der Waals surface area contributed by atoms with Crippen molar-refractivity contribution in [3.63, 3.8) is 0 Å². The first-order chi connectivity index (χ1) is 14.4. The molecule has 4 rings (SSSR count). The van der Waals surface area contributed by atoms with Crippen LogP contribution in [0.3, 0.4) is 0 Å². The van der Waals surface area contributed by atoms with Crippen LogP contribution < -0.4 is 10.3 Å². The van der Waals surface area contributed by atoms with Gasteiger partial charge in [-0.1, -0.05) is 42.5 Å². The first-order valence-electron chi connectivity index (χ1n) is 9.32. The average molecular weight is 409 g/mol. The highest BCUT2D eigenvalue weighted by Gasteiger charge is 2.31. The van der Waals surface area contributed by atoms with Gasteiger partial charge in [-0.3, -0.25) is 4.79 Å². The van der Waals surface area contributed by atoms with Crippen LogP contribution in [0, 0.1) is 0 Å². The average Bonchev–Trinajstić information content (AvgIpc) is 3.17. The molecule has 0 fully saturated rings. The molecule has 1 amide bonds. The number of benzene rings is 3. The Kier molecular flexibility index (Phi) is 5.27. The molecule has 1 heterocycles. The quantitative estimate of drug-likeness (QED) is 0.487. The van der Waals surface area contributed by atoms with Gasteiger partial charge in [-0.25, -0.2) is 5.43 Å². The SMILES string of the molecule is O=C(N/N=C\c1ccccc1)c1ccc2c(c1)CN(c1cccc(C(F)(F)F)c1)C2. The summed E-state index contributed by atoms with van der Waals surface area (Å²) in [5.41, 5.74) is 5.53. The molecular weight excluding hydrogens is 391 g/mol. The second kappa shape index (κ2) is 8.02. The number of anilines is 1. The number of rotatable bonds is 4. The van der Waals surface area contributed by atoms with Crippen molar-refractivity contribution in [2.24, 2.45) is 5.10 Å². The molecule has 0 bridgehead atoms. The summed E-state index contributed by atoms with van der Waals surface area (Å²) in [5.74, 6) is -0.345. The summed E-state index contributed by atoms with van der Waals surface area (Å²) in [6.45, 7) is 0.926. The third-order valence-electron chi connectivity index (χ3n) is 4.91. The maximum atomic E-state index is 13.0. The van der Waals surface area contributed by atoms with Crippen LogP contribution in [0.4, 0.5) is 18.9 Å². The second-order valence-corrected chi connectivity index (χ2v) is 7.00. The van der Waals surface area contributed by atoms with Crippen molar-refractivity contribution in [1.82, 2.24) is 5.43 Å². The van der Waals surface area contributed by atoms with Gasteiger partial charge < -0.3 is 4.90 Å². The van der Waals surface area contributed by atoms with E-state index in [0.29, 0.717) is 24.3 Å². The van der Waals surface area contributed by atoms with Gasteiger partial charge in [0, 0.05) is 24.3 Å². The number of carbonyl (C=O) groups excluding carboxylic acids is 1. The number of carbonyl (C=O) groups is 1. The van der Waals surface area contributed by atoms with Gasteiger partial charge in [0.1, 0.15) is 0 Å². The minimum absolute atomic E-state index is 0.345. The lowest BCUT2D eigenvalue weighted by Gasteiger charge is -2.19. The van der Waals surface area contributed by atoms with Gasteiger partial charge in [-0.05, 0) is 47.0 Å². The van der Waals surface area contributed by atoms with E-state index in [9.17, 15) is 18.0 Å². The number of nitrogens with one attached hydrogen (secondary N) is 1. The zero-order valence-corrected chi connectivity index (χ0v) is 15.9. The predicted molar refractivity (Wildman–Crippen MR) is 109 cm³/mol. The van der Waals surface area contributed by atoms with Crippen LogP contribution in [0.5, 0.6) is 0 Å². The van der Waals surface area contributed by atoms with Crippen LogP contribution >= 0.6 is 0 Å². The van der Waals surface area contributed by atoms with Crippen LogP contribution in [0.15, 0.2) is 77.9 Å². The van der Waals surface area contributed by atoms with Gasteiger partial charge in [0.2, 0.25) is 0 Å². The van der Waals surface area contributed by atoms with Crippen LogP contribution in [0.25, 0.3) is 0 Å². The largest absolute Gasteiger partial charge is 0.416 e. The fourth-order valence-corrected chi connectivity index (χ4v) is 3.37. The monoisotopic (exact) mass is 409 g/mol. The van der Waals surface area contributed by atoms with E-state index in [-0.39, 0.29) is 5.91 Å². The molecule has 3 aromatic carbocycles. The molecule has 7 heteroatoms. The van der Waals surface area contributed by atoms with Crippen molar-refractivity contribution < 1.29 is 18.0 Å². The Hall–Kier alpha value is -3.61. The number of alkyl halides is 3. The van der Waals surface area contributed by atoms with Crippen molar-refractivity contribution in [3.8, 4) is 0 Å². The summed E-state index contributed by atoms with van der Waals surface area (Å²) in [7, 11) is 0. The number of amides is 1. The molecule has 0 spiro atoms. The minimum atomic E-state index is -4.38. The number of hydrogen-bond donors (Lipinski definition) is 1. The van der Waals surface area contributed by atoms with Gasteiger partial charge in [-0.2, -0.15) is 18.3 Å². The Labute approximate surface area is 171 Å². The van der Waals surface area contributed by atoms with Crippen molar-refractivity contribution in [2.75, 3.05) is 4.90 Å². The first kappa shape index (κ1) is 19.7. The molecule has 3 aromatic rings. The van der Waals surface area contributed by atoms with E-state index in [1.807, 2.05) is 41.3 Å². The lowest BCUT2D eigenvalue weighted by atomic mass is 10.1. The highest BCUT2D eigenvalue weighted by atomic mass is 19.4. The number of hydrazone groups is 1. The first-order valence-corrected chi connectivity index (χ1v) is 9.32. The summed E-state index contributed by atoms with van der Waals surface area (Å²) in [4.78, 5) is 14.2. The Bertz CT molecular complexity index is 1090. The molecule has 1 aliphatic rings. The normalized spacial score (nSPS) is 13.5. The Morgan fingerprint density at radius 3 is 2.47 bits per heavy atom. The summed E-state index contributed by atoms with van der Waals surface area (Å²) < 4.78 is 39.0. The van der Waals surface area contributed by atoms with E-state index in [4.69, 9.17) is 0 Å². The van der Waals surface area contributed by atoms with Crippen molar-refractivity contribution >= 4 is 17.8 Å². The third kappa shape index (κ3) is 4.35. The summed E-state index contributed by atoms with van der Waals surface area (Å²) in [6, 6.07) is 19.9. The molecule has 0 radical (unpaired) electrons. The molecule has 0 saturated heterocycles. The Balaban J connectivity index is 1.45. The number of nitrogens with zero attached hydrogens (tertiary/aromatic N) is 2. The van der Waals surface area contributed by atoms with Crippen LogP contribution in [0.2, 0.25) is 0 Å². The zero-order valence-electron chi connectivity index (χ0n) is 15.9. The maximum Gasteiger partial charge on any atom is 0.416 e. The molecule has 152 valence electrons. The van der Waals surface area contributed by atoms with E-state index in [1.54, 1.807) is 24.4 Å². The lowest BCUT2D eigenvalue weighted by molar-refractivity contribution is -0.137. The molecular formula is C23H18F3N3O. The Morgan fingerprint density at radius 2 is 1.70 bits per heavy atom. The number of halogens is 3. The molecule has 0 aromatic heterocycles. The topological polar surface area (TPSA) is 44.7 Å². The van der Waals surface area contributed by atoms with E-state index < -0.39 is 11.7 Å². The molecule has 0 unspecified atom stereocenters. The van der Waals surface area contributed by atoms with Crippen LogP contribution in [-0.2, 0) is 19.3 Å². The van der Waals surface area contributed by atoms with Crippen molar-refractivity contribution in [3.05, 3.63) is 101 Å². The fourth-order valence-electron chi connectivity index (χ4n) is 3.37. The van der Waals surface area contributed by atoms with Crippen molar-refractivity contribution in [1.29, 1.82) is 0 Å². The van der Waals surface area contributed by atoms with E-state index >= 15 is 0 Å². The van der Waals surface area contributed by atoms with Gasteiger partial charge in [0.15, 0.2) is 0 Å². The standard InChI is InChI=1S/C23H18F3N3O/c24-23(25,26)20-7-4-8-21(12-20)29-14-18-10-9-17(11-19(18)15-29)22(30)28-27-13-16-5-2-1-3-6-16/h1-13H,14-15H2,(H,28,30)/b27-13-.